The second kappa shape index (κ2) is 5.05. The van der Waals surface area contributed by atoms with Gasteiger partial charge in [-0.1, -0.05) is 6.08 Å². The highest BCUT2D eigenvalue weighted by Crippen LogP contribution is 2.27. The Hall–Kier alpha value is 0.210. The SMILES string of the molecule is C/C(=C/CCCl)c1cscc1Br. The first-order valence-corrected chi connectivity index (χ1v) is 5.97. The van der Waals surface area contributed by atoms with Gasteiger partial charge in [-0.2, -0.15) is 11.3 Å². The van der Waals surface area contributed by atoms with Gasteiger partial charge in [0.15, 0.2) is 0 Å². The van der Waals surface area contributed by atoms with Gasteiger partial charge in [-0.05, 0) is 40.2 Å². The fourth-order valence-corrected chi connectivity index (χ4v) is 2.72. The van der Waals surface area contributed by atoms with Crippen molar-refractivity contribution in [1.29, 1.82) is 0 Å². The summed E-state index contributed by atoms with van der Waals surface area (Å²) in [5, 5.41) is 4.23. The second-order valence-electron chi connectivity index (χ2n) is 2.50. The Morgan fingerprint density at radius 2 is 2.42 bits per heavy atom. The van der Waals surface area contributed by atoms with Gasteiger partial charge < -0.3 is 0 Å². The van der Waals surface area contributed by atoms with Crippen LogP contribution < -0.4 is 0 Å². The summed E-state index contributed by atoms with van der Waals surface area (Å²) in [7, 11) is 0. The lowest BCUT2D eigenvalue weighted by atomic mass is 10.1. The summed E-state index contributed by atoms with van der Waals surface area (Å²) in [6.07, 6.45) is 3.11. The summed E-state index contributed by atoms with van der Waals surface area (Å²) in [5.41, 5.74) is 2.58. The molecule has 0 radical (unpaired) electrons. The number of allylic oxidation sites excluding steroid dienone is 2. The van der Waals surface area contributed by atoms with E-state index in [1.165, 1.54) is 15.6 Å². The fourth-order valence-electron chi connectivity index (χ4n) is 0.944. The van der Waals surface area contributed by atoms with Crippen LogP contribution in [0, 0.1) is 0 Å². The third kappa shape index (κ3) is 2.61. The molecule has 0 nitrogen and oxygen atoms in total. The molecule has 0 bridgehead atoms. The first-order chi connectivity index (χ1) is 5.75. The van der Waals surface area contributed by atoms with E-state index in [9.17, 15) is 0 Å². The van der Waals surface area contributed by atoms with Crippen LogP contribution in [0.25, 0.3) is 5.57 Å². The van der Waals surface area contributed by atoms with E-state index in [2.05, 4.69) is 39.7 Å². The topological polar surface area (TPSA) is 0 Å². The molecule has 1 aromatic rings. The Kier molecular flexibility index (Phi) is 4.33. The molecule has 0 saturated heterocycles. The molecule has 0 unspecified atom stereocenters. The maximum absolute atomic E-state index is 5.59. The molecule has 0 aliphatic heterocycles. The minimum Gasteiger partial charge on any atom is -0.151 e. The molecule has 1 aromatic heterocycles. The standard InChI is InChI=1S/C9H10BrClS/c1-7(3-2-4-11)8-5-12-6-9(8)10/h3,5-6H,2,4H2,1H3/b7-3-. The van der Waals surface area contributed by atoms with Gasteiger partial charge in [0.1, 0.15) is 0 Å². The van der Waals surface area contributed by atoms with Crippen LogP contribution in [0.2, 0.25) is 0 Å². The molecule has 0 amide bonds. The maximum atomic E-state index is 5.59. The Bertz CT molecular complexity index is 278. The van der Waals surface area contributed by atoms with E-state index < -0.39 is 0 Å². The van der Waals surface area contributed by atoms with Crippen molar-refractivity contribution in [2.24, 2.45) is 0 Å². The summed E-state index contributed by atoms with van der Waals surface area (Å²) >= 11 is 10.8. The van der Waals surface area contributed by atoms with Crippen molar-refractivity contribution < 1.29 is 0 Å². The molecular formula is C9H10BrClS. The first kappa shape index (κ1) is 10.3. The highest BCUT2D eigenvalue weighted by molar-refractivity contribution is 9.10. The third-order valence-electron chi connectivity index (χ3n) is 1.60. The zero-order valence-electron chi connectivity index (χ0n) is 6.81. The average Bonchev–Trinajstić information content (AvgIpc) is 2.47. The fraction of sp³-hybridized carbons (Fsp3) is 0.333. The molecule has 0 spiro atoms. The Morgan fingerprint density at radius 1 is 1.67 bits per heavy atom. The van der Waals surface area contributed by atoms with Gasteiger partial charge in [0, 0.05) is 21.3 Å². The number of hydrogen-bond donors (Lipinski definition) is 0. The molecule has 0 aliphatic carbocycles. The van der Waals surface area contributed by atoms with Gasteiger partial charge in [0.2, 0.25) is 0 Å². The minimum absolute atomic E-state index is 0.694. The van der Waals surface area contributed by atoms with Crippen molar-refractivity contribution in [2.75, 3.05) is 5.88 Å². The van der Waals surface area contributed by atoms with E-state index >= 15 is 0 Å². The van der Waals surface area contributed by atoms with Gasteiger partial charge >= 0.3 is 0 Å². The smallest absolute Gasteiger partial charge is 0.0357 e. The summed E-state index contributed by atoms with van der Waals surface area (Å²) in [6.45, 7) is 2.11. The molecule has 1 rings (SSSR count). The molecule has 0 atom stereocenters. The van der Waals surface area contributed by atoms with Gasteiger partial charge in [0.05, 0.1) is 0 Å². The molecule has 12 heavy (non-hydrogen) atoms. The molecule has 0 aliphatic rings. The predicted octanol–water partition coefficient (Wildman–Crippen LogP) is 4.54. The predicted molar refractivity (Wildman–Crippen MR) is 61.0 cm³/mol. The van der Waals surface area contributed by atoms with Crippen LogP contribution in [0.5, 0.6) is 0 Å². The number of halogens is 2. The monoisotopic (exact) mass is 264 g/mol. The quantitative estimate of drug-likeness (QED) is 0.704. The molecule has 0 saturated carbocycles. The normalized spacial score (nSPS) is 12.1. The van der Waals surface area contributed by atoms with Crippen molar-refractivity contribution in [1.82, 2.24) is 0 Å². The average molecular weight is 266 g/mol. The second-order valence-corrected chi connectivity index (χ2v) is 4.47. The van der Waals surface area contributed by atoms with Gasteiger partial charge in [-0.15, -0.1) is 11.6 Å². The number of rotatable bonds is 3. The van der Waals surface area contributed by atoms with Crippen molar-refractivity contribution in [3.8, 4) is 0 Å². The summed E-state index contributed by atoms with van der Waals surface area (Å²) < 4.78 is 1.18. The Morgan fingerprint density at radius 3 is 2.92 bits per heavy atom. The van der Waals surface area contributed by atoms with E-state index in [0.29, 0.717) is 5.88 Å². The van der Waals surface area contributed by atoms with Crippen LogP contribution >= 0.6 is 38.9 Å². The van der Waals surface area contributed by atoms with Gasteiger partial charge in [-0.25, -0.2) is 0 Å². The van der Waals surface area contributed by atoms with E-state index in [-0.39, 0.29) is 0 Å². The summed E-state index contributed by atoms with van der Waals surface area (Å²) in [6, 6.07) is 0. The highest BCUT2D eigenvalue weighted by atomic mass is 79.9. The van der Waals surface area contributed by atoms with Crippen molar-refractivity contribution in [3.05, 3.63) is 26.9 Å². The van der Waals surface area contributed by atoms with Crippen LogP contribution in [0.3, 0.4) is 0 Å². The molecule has 0 fully saturated rings. The lowest BCUT2D eigenvalue weighted by Crippen LogP contribution is -1.77. The van der Waals surface area contributed by atoms with Gasteiger partial charge in [0.25, 0.3) is 0 Å². The van der Waals surface area contributed by atoms with E-state index in [4.69, 9.17) is 11.6 Å². The third-order valence-corrected chi connectivity index (χ3v) is 3.52. The molecule has 0 aromatic carbocycles. The van der Waals surface area contributed by atoms with E-state index in [1.54, 1.807) is 11.3 Å². The van der Waals surface area contributed by atoms with Crippen LogP contribution in [0.15, 0.2) is 21.3 Å². The lowest BCUT2D eigenvalue weighted by molar-refractivity contribution is 1.23. The Labute approximate surface area is 90.4 Å². The summed E-state index contributed by atoms with van der Waals surface area (Å²) in [5.74, 6) is 0.694. The maximum Gasteiger partial charge on any atom is 0.0357 e. The van der Waals surface area contributed by atoms with E-state index in [0.717, 1.165) is 6.42 Å². The minimum atomic E-state index is 0.694. The number of hydrogen-bond acceptors (Lipinski definition) is 1. The molecule has 0 N–H and O–H groups in total. The highest BCUT2D eigenvalue weighted by Gasteiger charge is 2.01. The largest absolute Gasteiger partial charge is 0.151 e. The van der Waals surface area contributed by atoms with Crippen LogP contribution in [0.1, 0.15) is 18.9 Å². The van der Waals surface area contributed by atoms with Crippen molar-refractivity contribution in [3.63, 3.8) is 0 Å². The number of alkyl halides is 1. The summed E-state index contributed by atoms with van der Waals surface area (Å²) in [4.78, 5) is 0. The molecule has 66 valence electrons. The van der Waals surface area contributed by atoms with Crippen LogP contribution in [-0.4, -0.2) is 5.88 Å². The number of thiophene rings is 1. The van der Waals surface area contributed by atoms with Crippen molar-refractivity contribution in [2.45, 2.75) is 13.3 Å². The molecular weight excluding hydrogens is 256 g/mol. The lowest BCUT2D eigenvalue weighted by Gasteiger charge is -1.97. The first-order valence-electron chi connectivity index (χ1n) is 3.70. The van der Waals surface area contributed by atoms with Crippen LogP contribution in [-0.2, 0) is 0 Å². The van der Waals surface area contributed by atoms with Crippen molar-refractivity contribution >= 4 is 44.4 Å². The molecule has 1 heterocycles. The zero-order chi connectivity index (χ0) is 8.97. The molecule has 3 heteroatoms. The van der Waals surface area contributed by atoms with Gasteiger partial charge in [-0.3, -0.25) is 0 Å². The Balaban J connectivity index is 2.77. The van der Waals surface area contributed by atoms with E-state index in [1.807, 2.05) is 0 Å². The van der Waals surface area contributed by atoms with Crippen LogP contribution in [0.4, 0.5) is 0 Å². The zero-order valence-corrected chi connectivity index (χ0v) is 9.97.